The molecule has 0 radical (unpaired) electrons. The predicted molar refractivity (Wildman–Crippen MR) is 109 cm³/mol. The Balaban J connectivity index is 1.48. The van der Waals surface area contributed by atoms with Crippen molar-refractivity contribution in [1.82, 2.24) is 9.80 Å². The molecule has 1 aromatic carbocycles. The lowest BCUT2D eigenvalue weighted by molar-refractivity contribution is -0.140. The second kappa shape index (κ2) is 6.79. The van der Waals surface area contributed by atoms with Crippen LogP contribution < -0.4 is 0 Å². The minimum atomic E-state index is -0.369. The molecule has 1 saturated heterocycles. The molecule has 5 heteroatoms. The number of rotatable bonds is 1. The molecule has 0 atom stereocenters. The summed E-state index contributed by atoms with van der Waals surface area (Å²) >= 11 is 1.62. The number of carbonyl (C=O) groups excluding carboxylic acids is 2. The molecule has 1 aliphatic carbocycles. The van der Waals surface area contributed by atoms with Crippen LogP contribution in [0.25, 0.3) is 10.4 Å². The van der Waals surface area contributed by atoms with Crippen LogP contribution in [0.5, 0.6) is 0 Å². The van der Waals surface area contributed by atoms with E-state index in [1.807, 2.05) is 30.6 Å². The maximum absolute atomic E-state index is 13.0. The minimum Gasteiger partial charge on any atom is -0.339 e. The number of benzene rings is 1. The Labute approximate surface area is 164 Å². The van der Waals surface area contributed by atoms with Gasteiger partial charge < -0.3 is 9.80 Å². The number of hydrogen-bond acceptors (Lipinski definition) is 3. The molecular weight excluding hydrogens is 356 g/mol. The molecule has 1 aromatic heterocycles. The van der Waals surface area contributed by atoms with Gasteiger partial charge in [0.05, 0.1) is 4.88 Å². The van der Waals surface area contributed by atoms with E-state index in [1.165, 1.54) is 21.6 Å². The summed E-state index contributed by atoms with van der Waals surface area (Å²) in [5, 5.41) is 0. The molecular formula is C22H26N2O2S. The first-order valence-electron chi connectivity index (χ1n) is 9.64. The number of nitrogens with zero attached hydrogens (tertiary/aromatic N) is 2. The van der Waals surface area contributed by atoms with E-state index < -0.39 is 0 Å². The first-order chi connectivity index (χ1) is 12.8. The van der Waals surface area contributed by atoms with E-state index in [9.17, 15) is 9.59 Å². The quantitative estimate of drug-likeness (QED) is 0.752. The number of amides is 2. The van der Waals surface area contributed by atoms with Crippen molar-refractivity contribution in [1.29, 1.82) is 0 Å². The van der Waals surface area contributed by atoms with Crippen molar-refractivity contribution in [3.8, 4) is 10.4 Å². The molecule has 2 heterocycles. The summed E-state index contributed by atoms with van der Waals surface area (Å²) in [5.74, 6) is 0.271. The van der Waals surface area contributed by atoms with Gasteiger partial charge >= 0.3 is 0 Å². The molecule has 27 heavy (non-hydrogen) atoms. The zero-order chi connectivity index (χ0) is 19.2. The number of carbonyl (C=O) groups is 2. The molecule has 142 valence electrons. The number of fused-ring (bicyclic) bond motifs is 3. The van der Waals surface area contributed by atoms with Crippen LogP contribution in [-0.4, -0.2) is 47.8 Å². The Morgan fingerprint density at radius 3 is 2.26 bits per heavy atom. The molecule has 1 aliphatic heterocycles. The van der Waals surface area contributed by atoms with Gasteiger partial charge in [-0.3, -0.25) is 9.59 Å². The monoisotopic (exact) mass is 382 g/mol. The zero-order valence-corrected chi connectivity index (χ0v) is 17.1. The maximum atomic E-state index is 13.0. The summed E-state index contributed by atoms with van der Waals surface area (Å²) in [6.45, 7) is 8.30. The second-order valence-electron chi connectivity index (χ2n) is 8.46. The molecule has 2 amide bonds. The molecule has 2 aromatic rings. The summed E-state index contributed by atoms with van der Waals surface area (Å²) in [6.07, 6.45) is 2.05. The smallest absolute Gasteiger partial charge is 0.264 e. The van der Waals surface area contributed by atoms with Gasteiger partial charge in [0.2, 0.25) is 5.91 Å². The van der Waals surface area contributed by atoms with Crippen LogP contribution in [-0.2, 0) is 17.6 Å². The topological polar surface area (TPSA) is 40.6 Å². The molecule has 2 aliphatic rings. The van der Waals surface area contributed by atoms with Gasteiger partial charge in [-0.1, -0.05) is 45.0 Å². The highest BCUT2D eigenvalue weighted by atomic mass is 32.1. The van der Waals surface area contributed by atoms with Gasteiger partial charge in [0.1, 0.15) is 0 Å². The highest BCUT2D eigenvalue weighted by Gasteiger charge is 2.32. The first kappa shape index (κ1) is 18.2. The fourth-order valence-electron chi connectivity index (χ4n) is 3.92. The third kappa shape index (κ3) is 3.41. The lowest BCUT2D eigenvalue weighted by Gasteiger charge is -2.37. The summed E-state index contributed by atoms with van der Waals surface area (Å²) < 4.78 is 0. The van der Waals surface area contributed by atoms with Crippen LogP contribution >= 0.6 is 11.3 Å². The third-order valence-electron chi connectivity index (χ3n) is 5.44. The molecule has 0 N–H and O–H groups in total. The fraction of sp³-hybridized carbons (Fsp3) is 0.455. The molecule has 4 rings (SSSR count). The van der Waals surface area contributed by atoms with Crippen LogP contribution in [0.3, 0.4) is 0 Å². The van der Waals surface area contributed by atoms with E-state index in [4.69, 9.17) is 0 Å². The molecule has 0 bridgehead atoms. The van der Waals surface area contributed by atoms with Crippen molar-refractivity contribution in [2.75, 3.05) is 26.2 Å². The third-order valence-corrected chi connectivity index (χ3v) is 6.64. The van der Waals surface area contributed by atoms with Crippen LogP contribution in [0.2, 0.25) is 0 Å². The first-order valence-corrected chi connectivity index (χ1v) is 10.5. The number of piperazine rings is 1. The Morgan fingerprint density at radius 2 is 1.56 bits per heavy atom. The normalized spacial score (nSPS) is 16.7. The summed E-state index contributed by atoms with van der Waals surface area (Å²) in [5.41, 5.74) is 3.58. The predicted octanol–water partition coefficient (Wildman–Crippen LogP) is 3.84. The molecule has 0 saturated carbocycles. The number of hydrogen-bond donors (Lipinski definition) is 0. The Kier molecular flexibility index (Phi) is 4.58. The van der Waals surface area contributed by atoms with E-state index in [0.29, 0.717) is 26.2 Å². The fourth-order valence-corrected chi connectivity index (χ4v) is 5.16. The van der Waals surface area contributed by atoms with E-state index in [0.717, 1.165) is 17.7 Å². The van der Waals surface area contributed by atoms with Gasteiger partial charge in [-0.25, -0.2) is 0 Å². The molecule has 0 unspecified atom stereocenters. The Hall–Kier alpha value is -2.14. The van der Waals surface area contributed by atoms with Crippen LogP contribution in [0.15, 0.2) is 30.3 Å². The standard InChI is InChI=1S/C22H26N2O2S/c1-22(2,3)21(26)24-12-10-23(11-13-24)20(25)18-14-16-9-8-15-6-4-5-7-17(15)19(16)27-18/h4-7,14H,8-13H2,1-3H3. The van der Waals surface area contributed by atoms with Gasteiger partial charge in [-0.05, 0) is 35.6 Å². The number of thiophene rings is 1. The Morgan fingerprint density at radius 1 is 0.926 bits per heavy atom. The van der Waals surface area contributed by atoms with E-state index in [2.05, 4.69) is 30.3 Å². The van der Waals surface area contributed by atoms with Crippen molar-refractivity contribution < 1.29 is 9.59 Å². The molecule has 1 fully saturated rings. The van der Waals surface area contributed by atoms with Crippen LogP contribution in [0.1, 0.15) is 41.6 Å². The van der Waals surface area contributed by atoms with Crippen molar-refractivity contribution >= 4 is 23.2 Å². The highest BCUT2D eigenvalue weighted by molar-refractivity contribution is 7.17. The molecule has 4 nitrogen and oxygen atoms in total. The highest BCUT2D eigenvalue weighted by Crippen LogP contribution is 2.39. The summed E-state index contributed by atoms with van der Waals surface area (Å²) in [7, 11) is 0. The number of aryl methyl sites for hydroxylation is 2. The largest absolute Gasteiger partial charge is 0.339 e. The average molecular weight is 383 g/mol. The summed E-state index contributed by atoms with van der Waals surface area (Å²) in [4.78, 5) is 31.3. The molecule has 0 spiro atoms. The zero-order valence-electron chi connectivity index (χ0n) is 16.2. The maximum Gasteiger partial charge on any atom is 0.264 e. The average Bonchev–Trinajstić information content (AvgIpc) is 3.11. The van der Waals surface area contributed by atoms with Crippen molar-refractivity contribution in [3.05, 3.63) is 46.3 Å². The lowest BCUT2D eigenvalue weighted by atomic mass is 9.91. The SMILES string of the molecule is CC(C)(C)C(=O)N1CCN(C(=O)c2cc3c(s2)-c2ccccc2CC3)CC1. The summed E-state index contributed by atoms with van der Waals surface area (Å²) in [6, 6.07) is 10.6. The van der Waals surface area contributed by atoms with Gasteiger partial charge in [0.25, 0.3) is 5.91 Å². The van der Waals surface area contributed by atoms with Gasteiger partial charge in [-0.15, -0.1) is 11.3 Å². The van der Waals surface area contributed by atoms with Crippen LogP contribution in [0, 0.1) is 5.41 Å². The van der Waals surface area contributed by atoms with Gasteiger partial charge in [0, 0.05) is 36.5 Å². The lowest BCUT2D eigenvalue weighted by Crippen LogP contribution is -2.52. The van der Waals surface area contributed by atoms with Crippen LogP contribution in [0.4, 0.5) is 0 Å². The minimum absolute atomic E-state index is 0.106. The van der Waals surface area contributed by atoms with Gasteiger partial charge in [0.15, 0.2) is 0 Å². The second-order valence-corrected chi connectivity index (χ2v) is 9.51. The Bertz CT molecular complexity index is 886. The van der Waals surface area contributed by atoms with Crippen molar-refractivity contribution in [2.45, 2.75) is 33.6 Å². The van der Waals surface area contributed by atoms with Gasteiger partial charge in [-0.2, -0.15) is 0 Å². The van der Waals surface area contributed by atoms with Crippen molar-refractivity contribution in [3.63, 3.8) is 0 Å². The van der Waals surface area contributed by atoms with E-state index >= 15 is 0 Å². The van der Waals surface area contributed by atoms with E-state index in [1.54, 1.807) is 11.3 Å². The van der Waals surface area contributed by atoms with E-state index in [-0.39, 0.29) is 17.2 Å². The van der Waals surface area contributed by atoms with Crippen molar-refractivity contribution in [2.24, 2.45) is 5.41 Å².